The summed E-state index contributed by atoms with van der Waals surface area (Å²) >= 11 is 0. The van der Waals surface area contributed by atoms with E-state index in [1.54, 1.807) is 0 Å². The van der Waals surface area contributed by atoms with E-state index in [4.69, 9.17) is 11.0 Å². The van der Waals surface area contributed by atoms with Crippen molar-refractivity contribution in [3.05, 3.63) is 0 Å². The Hall–Kier alpha value is -1.12. The van der Waals surface area contributed by atoms with E-state index in [9.17, 15) is 4.79 Å². The van der Waals surface area contributed by atoms with Crippen molar-refractivity contribution < 1.29 is 4.79 Å². The lowest BCUT2D eigenvalue weighted by atomic mass is 9.96. The molecule has 1 aliphatic heterocycles. The summed E-state index contributed by atoms with van der Waals surface area (Å²) in [5, 5.41) is 12.0. The third-order valence-corrected chi connectivity index (χ3v) is 3.33. The molecular formula is C12H22N4O. The number of carbonyl (C=O) groups excluding carboxylic acids is 1. The monoisotopic (exact) mass is 238 g/mol. The van der Waals surface area contributed by atoms with Gasteiger partial charge in [0.1, 0.15) is 0 Å². The molecule has 1 saturated heterocycles. The molecule has 1 heterocycles. The second-order valence-corrected chi connectivity index (χ2v) is 4.55. The molecule has 96 valence electrons. The van der Waals surface area contributed by atoms with Crippen molar-refractivity contribution in [3.8, 4) is 6.07 Å². The Bertz CT molecular complexity index is 279. The highest BCUT2D eigenvalue weighted by Gasteiger charge is 2.23. The molecule has 0 aromatic rings. The lowest BCUT2D eigenvalue weighted by molar-refractivity contribution is -0.123. The molecule has 17 heavy (non-hydrogen) atoms. The Kier molecular flexibility index (Phi) is 5.95. The fraction of sp³-hybridized carbons (Fsp3) is 0.833. The molecule has 1 unspecified atom stereocenters. The number of nitrogens with zero attached hydrogens (tertiary/aromatic N) is 2. The number of likely N-dealkylation sites (tertiary alicyclic amines) is 1. The van der Waals surface area contributed by atoms with Crippen LogP contribution < -0.4 is 11.1 Å². The molecule has 1 atom stereocenters. The van der Waals surface area contributed by atoms with Gasteiger partial charge in [0.2, 0.25) is 5.91 Å². The average molecular weight is 238 g/mol. The van der Waals surface area contributed by atoms with E-state index in [1.165, 1.54) is 0 Å². The van der Waals surface area contributed by atoms with Crippen LogP contribution in [0, 0.1) is 17.2 Å². The van der Waals surface area contributed by atoms with Gasteiger partial charge in [-0.15, -0.1) is 0 Å². The summed E-state index contributed by atoms with van der Waals surface area (Å²) in [5.41, 5.74) is 5.29. The van der Waals surface area contributed by atoms with Crippen LogP contribution in [-0.2, 0) is 4.79 Å². The number of primary amides is 1. The lowest BCUT2D eigenvalue weighted by Gasteiger charge is -2.30. The van der Waals surface area contributed by atoms with E-state index in [1.807, 2.05) is 6.92 Å². The second-order valence-electron chi connectivity index (χ2n) is 4.55. The van der Waals surface area contributed by atoms with Crippen molar-refractivity contribution >= 4 is 5.91 Å². The molecule has 1 amide bonds. The Balaban J connectivity index is 2.22. The van der Waals surface area contributed by atoms with Crippen LogP contribution in [0.25, 0.3) is 0 Å². The predicted octanol–water partition coefficient (Wildman–Crippen LogP) is 0.0755. The van der Waals surface area contributed by atoms with Gasteiger partial charge in [-0.2, -0.15) is 5.26 Å². The van der Waals surface area contributed by atoms with Gasteiger partial charge in [-0.05, 0) is 38.9 Å². The molecule has 0 aromatic carbocycles. The van der Waals surface area contributed by atoms with Gasteiger partial charge in [-0.25, -0.2) is 0 Å². The zero-order valence-electron chi connectivity index (χ0n) is 10.5. The summed E-state index contributed by atoms with van der Waals surface area (Å²) < 4.78 is 0. The normalized spacial score (nSPS) is 19.8. The molecule has 0 spiro atoms. The van der Waals surface area contributed by atoms with E-state index in [0.717, 1.165) is 45.4 Å². The van der Waals surface area contributed by atoms with Crippen molar-refractivity contribution in [1.29, 1.82) is 5.26 Å². The predicted molar refractivity (Wildman–Crippen MR) is 66.1 cm³/mol. The van der Waals surface area contributed by atoms with Gasteiger partial charge in [0.15, 0.2) is 0 Å². The molecule has 1 fully saturated rings. The molecule has 5 nitrogen and oxygen atoms in total. The van der Waals surface area contributed by atoms with Gasteiger partial charge in [0, 0.05) is 12.5 Å². The summed E-state index contributed by atoms with van der Waals surface area (Å²) in [4.78, 5) is 13.3. The first-order valence-corrected chi connectivity index (χ1v) is 6.32. The van der Waals surface area contributed by atoms with Crippen molar-refractivity contribution in [3.63, 3.8) is 0 Å². The van der Waals surface area contributed by atoms with E-state index in [2.05, 4.69) is 16.3 Å². The summed E-state index contributed by atoms with van der Waals surface area (Å²) in [6.45, 7) is 5.57. The quantitative estimate of drug-likeness (QED) is 0.686. The number of nitrogens with one attached hydrogen (secondary N) is 1. The maximum absolute atomic E-state index is 11.0. The first kappa shape index (κ1) is 13.9. The molecule has 0 aliphatic carbocycles. The van der Waals surface area contributed by atoms with Crippen LogP contribution in [0.1, 0.15) is 26.2 Å². The third kappa shape index (κ3) is 4.72. The van der Waals surface area contributed by atoms with Crippen LogP contribution in [0.2, 0.25) is 0 Å². The summed E-state index contributed by atoms with van der Waals surface area (Å²) in [5.74, 6) is -0.126. The Morgan fingerprint density at radius 2 is 2.24 bits per heavy atom. The number of rotatable bonds is 6. The van der Waals surface area contributed by atoms with Crippen molar-refractivity contribution in [1.82, 2.24) is 10.2 Å². The van der Waals surface area contributed by atoms with Crippen LogP contribution in [0.5, 0.6) is 0 Å². The Labute approximate surface area is 103 Å². The van der Waals surface area contributed by atoms with Gasteiger partial charge in [0.25, 0.3) is 0 Å². The molecule has 0 aromatic heterocycles. The largest absolute Gasteiger partial charge is 0.369 e. The van der Waals surface area contributed by atoms with Gasteiger partial charge in [0.05, 0.1) is 12.1 Å². The molecule has 0 bridgehead atoms. The maximum atomic E-state index is 11.0. The fourth-order valence-corrected chi connectivity index (χ4v) is 2.21. The van der Waals surface area contributed by atoms with Crippen molar-refractivity contribution in [2.45, 2.75) is 32.2 Å². The molecular weight excluding hydrogens is 216 g/mol. The summed E-state index contributed by atoms with van der Waals surface area (Å²) in [6.07, 6.45) is 2.55. The number of hydrogen-bond acceptors (Lipinski definition) is 4. The lowest BCUT2D eigenvalue weighted by Crippen LogP contribution is -2.40. The van der Waals surface area contributed by atoms with Crippen LogP contribution in [0.3, 0.4) is 0 Å². The molecule has 0 radical (unpaired) electrons. The number of hydrogen-bond donors (Lipinski definition) is 2. The minimum Gasteiger partial charge on any atom is -0.369 e. The number of carbonyl (C=O) groups is 1. The number of amides is 1. The molecule has 0 saturated carbocycles. The first-order chi connectivity index (χ1) is 8.17. The third-order valence-electron chi connectivity index (χ3n) is 3.33. The van der Waals surface area contributed by atoms with Crippen molar-refractivity contribution in [2.75, 3.05) is 26.2 Å². The van der Waals surface area contributed by atoms with E-state index in [0.29, 0.717) is 0 Å². The summed E-state index contributed by atoms with van der Waals surface area (Å²) in [7, 11) is 0. The maximum Gasteiger partial charge on any atom is 0.220 e. The number of nitriles is 1. The van der Waals surface area contributed by atoms with Crippen LogP contribution in [0.4, 0.5) is 0 Å². The average Bonchev–Trinajstić information content (AvgIpc) is 2.35. The highest BCUT2D eigenvalue weighted by molar-refractivity contribution is 5.76. The van der Waals surface area contributed by atoms with Gasteiger partial charge in [-0.1, -0.05) is 6.92 Å². The van der Waals surface area contributed by atoms with Crippen molar-refractivity contribution in [2.24, 2.45) is 11.7 Å². The molecule has 1 rings (SSSR count). The minimum atomic E-state index is -0.174. The highest BCUT2D eigenvalue weighted by atomic mass is 16.1. The van der Waals surface area contributed by atoms with E-state index < -0.39 is 0 Å². The standard InChI is InChI=1S/C12H22N4O/c1-2-15-11(9-13)5-8-16-6-3-10(4-7-16)12(14)17/h10-11,15H,2-8H2,1H3,(H2,14,17). The second kappa shape index (κ2) is 7.25. The Morgan fingerprint density at radius 1 is 1.59 bits per heavy atom. The van der Waals surface area contributed by atoms with E-state index >= 15 is 0 Å². The zero-order valence-corrected chi connectivity index (χ0v) is 10.5. The van der Waals surface area contributed by atoms with Crippen LogP contribution >= 0.6 is 0 Å². The number of nitrogens with two attached hydrogens (primary N) is 1. The van der Waals surface area contributed by atoms with Gasteiger partial charge >= 0.3 is 0 Å². The topological polar surface area (TPSA) is 82.2 Å². The van der Waals surface area contributed by atoms with Crippen LogP contribution in [0.15, 0.2) is 0 Å². The SMILES string of the molecule is CCNC(C#N)CCN1CCC(C(N)=O)CC1. The van der Waals surface area contributed by atoms with Gasteiger partial charge in [-0.3, -0.25) is 4.79 Å². The smallest absolute Gasteiger partial charge is 0.220 e. The highest BCUT2D eigenvalue weighted by Crippen LogP contribution is 2.16. The van der Waals surface area contributed by atoms with E-state index in [-0.39, 0.29) is 17.9 Å². The van der Waals surface area contributed by atoms with Crippen LogP contribution in [-0.4, -0.2) is 43.0 Å². The Morgan fingerprint density at radius 3 is 2.71 bits per heavy atom. The minimum absolute atomic E-state index is 0.0479. The summed E-state index contributed by atoms with van der Waals surface area (Å²) in [6, 6.07) is 2.20. The van der Waals surface area contributed by atoms with Gasteiger partial charge < -0.3 is 16.0 Å². The first-order valence-electron chi connectivity index (χ1n) is 6.32. The molecule has 3 N–H and O–H groups in total. The zero-order chi connectivity index (χ0) is 12.7. The molecule has 5 heteroatoms. The molecule has 1 aliphatic rings. The fourth-order valence-electron chi connectivity index (χ4n) is 2.21. The number of piperidine rings is 1.